The summed E-state index contributed by atoms with van der Waals surface area (Å²) in [6.45, 7) is 6.37. The lowest BCUT2D eigenvalue weighted by Gasteiger charge is -2.21. The number of nitrogens with one attached hydrogen (secondary N) is 1. The highest BCUT2D eigenvalue weighted by atomic mass is 35.5. The Bertz CT molecular complexity index is 1240. The summed E-state index contributed by atoms with van der Waals surface area (Å²) >= 11 is 12.8. The molecule has 0 aliphatic carbocycles. The Morgan fingerprint density at radius 3 is 2.63 bits per heavy atom. The second-order valence-corrected chi connectivity index (χ2v) is 9.69. The zero-order valence-electron chi connectivity index (χ0n) is 21.5. The lowest BCUT2D eigenvalue weighted by molar-refractivity contribution is -0.107. The van der Waals surface area contributed by atoms with Crippen LogP contribution in [0.5, 0.6) is 0 Å². The number of allylic oxidation sites excluding steroid dienone is 1. The summed E-state index contributed by atoms with van der Waals surface area (Å²) in [5, 5.41) is 5.73. The molecule has 1 saturated heterocycles. The molecule has 1 aliphatic rings. The fourth-order valence-electron chi connectivity index (χ4n) is 4.28. The number of nitrogens with zero attached hydrogens (tertiary/aromatic N) is 4. The number of rotatable bonds is 10. The number of hydrogen-bond acceptors (Lipinski definition) is 8. The summed E-state index contributed by atoms with van der Waals surface area (Å²) in [5.41, 5.74) is 4.26. The van der Waals surface area contributed by atoms with Crippen LogP contribution in [0.1, 0.15) is 30.0 Å². The average molecular weight is 556 g/mol. The van der Waals surface area contributed by atoms with E-state index in [-0.39, 0.29) is 6.54 Å². The van der Waals surface area contributed by atoms with Crippen molar-refractivity contribution in [3.63, 3.8) is 0 Å². The van der Waals surface area contributed by atoms with E-state index in [0.29, 0.717) is 27.4 Å². The van der Waals surface area contributed by atoms with Crippen molar-refractivity contribution in [3.05, 3.63) is 75.4 Å². The van der Waals surface area contributed by atoms with E-state index in [1.165, 1.54) is 17.7 Å². The van der Waals surface area contributed by atoms with Crippen molar-refractivity contribution in [2.24, 2.45) is 0 Å². The molecule has 200 valence electrons. The minimum absolute atomic E-state index is 0.00404. The van der Waals surface area contributed by atoms with Gasteiger partial charge in [-0.2, -0.15) is 4.98 Å². The third-order valence-corrected chi connectivity index (χ3v) is 6.78. The first-order valence-corrected chi connectivity index (χ1v) is 13.1. The molecule has 2 aromatic carbocycles. The molecule has 0 atom stereocenters. The van der Waals surface area contributed by atoms with E-state index in [4.69, 9.17) is 32.8 Å². The van der Waals surface area contributed by atoms with Gasteiger partial charge in [-0.15, -0.1) is 0 Å². The van der Waals surface area contributed by atoms with E-state index in [0.717, 1.165) is 62.4 Å². The van der Waals surface area contributed by atoms with Crippen molar-refractivity contribution in [1.29, 1.82) is 0 Å². The molecule has 0 saturated carbocycles. The molecule has 4 rings (SSSR count). The van der Waals surface area contributed by atoms with Gasteiger partial charge in [0, 0.05) is 59.3 Å². The van der Waals surface area contributed by atoms with Gasteiger partial charge in [-0.1, -0.05) is 41.4 Å². The summed E-state index contributed by atoms with van der Waals surface area (Å²) < 4.78 is 5.55. The molecular formula is C28H31Cl2N5O3. The molecule has 1 N–H and O–H groups in total. The molecule has 0 unspecified atom stereocenters. The van der Waals surface area contributed by atoms with Crippen molar-refractivity contribution >= 4 is 58.6 Å². The molecule has 3 aromatic rings. The average Bonchev–Trinajstić information content (AvgIpc) is 3.18. The second kappa shape index (κ2) is 13.7. The third-order valence-electron chi connectivity index (χ3n) is 6.15. The van der Waals surface area contributed by atoms with E-state index >= 15 is 0 Å². The zero-order valence-corrected chi connectivity index (χ0v) is 23.0. The summed E-state index contributed by atoms with van der Waals surface area (Å²) in [6.07, 6.45) is 5.34. The van der Waals surface area contributed by atoms with Gasteiger partial charge in [0.15, 0.2) is 5.82 Å². The standard InChI is InChI=1S/C28H31Cl2N5O3/c1-20(26-24(29)5-3-6-25(26)30)17-22-18-31-28(33-27(22)35(37-2)12-14-36)32-23-9-7-21(8-10-23)19-34-11-4-15-38-16-13-34/h3,5-10,14,17-18H,4,11-13,15-16,19H2,1-2H3,(H,31,32,33)/b20-17+. The lowest BCUT2D eigenvalue weighted by atomic mass is 10.0. The zero-order chi connectivity index (χ0) is 26.9. The van der Waals surface area contributed by atoms with Crippen LogP contribution in [0.4, 0.5) is 17.5 Å². The number of carbonyl (C=O) groups excluding carboxylic acids is 1. The van der Waals surface area contributed by atoms with E-state index in [9.17, 15) is 4.79 Å². The molecule has 0 spiro atoms. The van der Waals surface area contributed by atoms with Gasteiger partial charge in [0.1, 0.15) is 12.8 Å². The van der Waals surface area contributed by atoms with E-state index in [1.807, 2.05) is 25.1 Å². The lowest BCUT2D eigenvalue weighted by Crippen LogP contribution is -2.26. The highest BCUT2D eigenvalue weighted by Crippen LogP contribution is 2.33. The van der Waals surface area contributed by atoms with Crippen molar-refractivity contribution < 1.29 is 14.4 Å². The topological polar surface area (TPSA) is 79.8 Å². The van der Waals surface area contributed by atoms with Crippen LogP contribution in [0.25, 0.3) is 11.6 Å². The van der Waals surface area contributed by atoms with Crippen LogP contribution in [-0.4, -0.2) is 61.1 Å². The Hall–Kier alpha value is -3.01. The first-order valence-electron chi connectivity index (χ1n) is 12.4. The molecular weight excluding hydrogens is 525 g/mol. The fourth-order valence-corrected chi connectivity index (χ4v) is 4.97. The quantitative estimate of drug-likeness (QED) is 0.245. The van der Waals surface area contributed by atoms with Gasteiger partial charge in [-0.05, 0) is 54.8 Å². The van der Waals surface area contributed by atoms with Gasteiger partial charge < -0.3 is 14.8 Å². The number of benzene rings is 2. The minimum Gasteiger partial charge on any atom is -0.380 e. The smallest absolute Gasteiger partial charge is 0.229 e. The summed E-state index contributed by atoms with van der Waals surface area (Å²) in [4.78, 5) is 28.3. The molecule has 0 bridgehead atoms. The predicted molar refractivity (Wildman–Crippen MR) is 153 cm³/mol. The first kappa shape index (κ1) is 28.0. The number of aromatic nitrogens is 2. The maximum absolute atomic E-state index is 11.3. The molecule has 10 heteroatoms. The Labute approximate surface area is 233 Å². The molecule has 0 radical (unpaired) electrons. The van der Waals surface area contributed by atoms with Crippen molar-refractivity contribution in [2.75, 3.05) is 50.3 Å². The Morgan fingerprint density at radius 1 is 1.16 bits per heavy atom. The number of halogens is 2. The number of aldehydes is 1. The Kier molecular flexibility index (Phi) is 10.1. The van der Waals surface area contributed by atoms with Gasteiger partial charge in [0.25, 0.3) is 0 Å². The predicted octanol–water partition coefficient (Wildman–Crippen LogP) is 5.88. The van der Waals surface area contributed by atoms with E-state index < -0.39 is 0 Å². The molecule has 0 amide bonds. The van der Waals surface area contributed by atoms with E-state index in [2.05, 4.69) is 32.3 Å². The van der Waals surface area contributed by atoms with Gasteiger partial charge in [-0.3, -0.25) is 9.74 Å². The van der Waals surface area contributed by atoms with Gasteiger partial charge >= 0.3 is 0 Å². The highest BCUT2D eigenvalue weighted by molar-refractivity contribution is 6.37. The van der Waals surface area contributed by atoms with E-state index in [1.54, 1.807) is 24.4 Å². The number of hydroxylamine groups is 1. The number of hydrogen-bond donors (Lipinski definition) is 1. The Morgan fingerprint density at radius 2 is 1.92 bits per heavy atom. The monoisotopic (exact) mass is 555 g/mol. The van der Waals surface area contributed by atoms with Crippen molar-refractivity contribution in [2.45, 2.75) is 19.9 Å². The van der Waals surface area contributed by atoms with Crippen LogP contribution in [-0.2, 0) is 20.9 Å². The Balaban J connectivity index is 1.57. The minimum atomic E-state index is -0.00404. The molecule has 2 heterocycles. The van der Waals surface area contributed by atoms with Crippen molar-refractivity contribution in [3.8, 4) is 0 Å². The molecule has 38 heavy (non-hydrogen) atoms. The normalized spacial score (nSPS) is 14.7. The van der Waals surface area contributed by atoms with Gasteiger partial charge in [0.2, 0.25) is 5.95 Å². The second-order valence-electron chi connectivity index (χ2n) is 8.87. The van der Waals surface area contributed by atoms with Crippen LogP contribution in [0, 0.1) is 0 Å². The summed E-state index contributed by atoms with van der Waals surface area (Å²) in [6, 6.07) is 13.6. The van der Waals surface area contributed by atoms with Crippen LogP contribution in [0.15, 0.2) is 48.7 Å². The summed E-state index contributed by atoms with van der Waals surface area (Å²) in [7, 11) is 1.49. The largest absolute Gasteiger partial charge is 0.380 e. The number of anilines is 3. The number of ether oxygens (including phenoxy) is 1. The first-order chi connectivity index (χ1) is 18.5. The fraction of sp³-hybridized carbons (Fsp3) is 0.321. The SMILES string of the molecule is CON(CC=O)c1nc(Nc2ccc(CN3CCCOCC3)cc2)ncc1/C=C(\C)c1c(Cl)cccc1Cl. The third kappa shape index (κ3) is 7.30. The molecule has 1 aromatic heterocycles. The number of carbonyl (C=O) groups is 1. The van der Waals surface area contributed by atoms with Crippen LogP contribution in [0.3, 0.4) is 0 Å². The molecule has 1 fully saturated rings. The van der Waals surface area contributed by atoms with Crippen LogP contribution >= 0.6 is 23.2 Å². The summed E-state index contributed by atoms with van der Waals surface area (Å²) in [5.74, 6) is 0.801. The van der Waals surface area contributed by atoms with Crippen molar-refractivity contribution in [1.82, 2.24) is 14.9 Å². The molecule has 1 aliphatic heterocycles. The highest BCUT2D eigenvalue weighted by Gasteiger charge is 2.16. The van der Waals surface area contributed by atoms with Crippen LogP contribution in [0.2, 0.25) is 10.0 Å². The molecule has 8 nitrogen and oxygen atoms in total. The maximum Gasteiger partial charge on any atom is 0.229 e. The maximum atomic E-state index is 11.3. The van der Waals surface area contributed by atoms with Gasteiger partial charge in [-0.25, -0.2) is 10.0 Å². The van der Waals surface area contributed by atoms with Crippen LogP contribution < -0.4 is 10.4 Å². The van der Waals surface area contributed by atoms with Gasteiger partial charge in [0.05, 0.1) is 13.7 Å².